The molecular formula is C33H46ClN5O4Si. The van der Waals surface area contributed by atoms with Crippen LogP contribution in [-0.2, 0) is 16.2 Å². The maximum atomic E-state index is 13.7. The van der Waals surface area contributed by atoms with Gasteiger partial charge in [-0.1, -0.05) is 38.4 Å². The molecule has 3 heterocycles. The lowest BCUT2D eigenvalue weighted by atomic mass is 10.0. The molecule has 238 valence electrons. The van der Waals surface area contributed by atoms with Gasteiger partial charge in [0.25, 0.3) is 5.56 Å². The number of pyridine rings is 1. The molecular weight excluding hydrogens is 594 g/mol. The second-order valence-electron chi connectivity index (χ2n) is 15.0. The van der Waals surface area contributed by atoms with Crippen molar-refractivity contribution in [3.05, 3.63) is 56.6 Å². The molecule has 0 radical (unpaired) electrons. The number of fused-ring (bicyclic) bond motifs is 2. The Labute approximate surface area is 266 Å². The van der Waals surface area contributed by atoms with Crippen LogP contribution in [0.25, 0.3) is 10.9 Å². The van der Waals surface area contributed by atoms with Crippen molar-refractivity contribution in [3.63, 3.8) is 0 Å². The van der Waals surface area contributed by atoms with Gasteiger partial charge in [-0.3, -0.25) is 9.36 Å². The fourth-order valence-electron chi connectivity index (χ4n) is 5.83. The lowest BCUT2D eigenvalue weighted by molar-refractivity contribution is 0.00640. The summed E-state index contributed by atoms with van der Waals surface area (Å²) in [6, 6.07) is 6.97. The van der Waals surface area contributed by atoms with E-state index in [0.717, 1.165) is 24.2 Å². The minimum atomic E-state index is -1.85. The minimum absolute atomic E-state index is 0.0839. The van der Waals surface area contributed by atoms with Gasteiger partial charge in [0.15, 0.2) is 14.0 Å². The maximum Gasteiger partial charge on any atom is 0.359 e. The third-order valence-electron chi connectivity index (χ3n) is 9.26. The normalized spacial score (nSPS) is 20.9. The number of ether oxygens (including phenoxy) is 1. The van der Waals surface area contributed by atoms with Crippen molar-refractivity contribution in [1.82, 2.24) is 14.5 Å². The highest BCUT2D eigenvalue weighted by Gasteiger charge is 2.59. The topological polar surface area (TPSA) is 98.6 Å². The highest BCUT2D eigenvalue weighted by Crippen LogP contribution is 2.52. The Kier molecular flexibility index (Phi) is 8.21. The molecule has 9 nitrogen and oxygen atoms in total. The van der Waals surface area contributed by atoms with Crippen molar-refractivity contribution in [2.75, 3.05) is 23.3 Å². The molecule has 0 bridgehead atoms. The van der Waals surface area contributed by atoms with Crippen LogP contribution >= 0.6 is 11.6 Å². The monoisotopic (exact) mass is 639 g/mol. The first-order valence-electron chi connectivity index (χ1n) is 15.4. The molecule has 1 aliphatic carbocycles. The van der Waals surface area contributed by atoms with Crippen molar-refractivity contribution >= 4 is 48.4 Å². The highest BCUT2D eigenvalue weighted by molar-refractivity contribution is 6.74. The number of esters is 1. The summed E-state index contributed by atoms with van der Waals surface area (Å²) in [6.45, 7) is 22.4. The molecule has 1 N–H and O–H groups in total. The van der Waals surface area contributed by atoms with Crippen molar-refractivity contribution in [1.29, 1.82) is 0 Å². The standard InChI is InChI=1S/C33H46ClN5O4Si/c1-18-14-20(19(2)35-24-12-13-25(34)36-27(24)30(41)42-32(3,4)5)26-21(15-18)29(40)38(9)31(37-26)39-16-22-23(17-39)28(22)43-44(10,11)33(6,7)8/h12-15,19,22-23,28,35H,16-17H2,1-11H3/t19?,22-,23+,28?. The van der Waals surface area contributed by atoms with E-state index in [0.29, 0.717) is 40.5 Å². The summed E-state index contributed by atoms with van der Waals surface area (Å²) in [6.07, 6.45) is 0.291. The molecule has 2 aromatic heterocycles. The zero-order valence-corrected chi connectivity index (χ0v) is 29.6. The molecule has 44 heavy (non-hydrogen) atoms. The molecule has 1 saturated heterocycles. The Morgan fingerprint density at radius 2 is 1.73 bits per heavy atom. The second-order valence-corrected chi connectivity index (χ2v) is 20.1. The van der Waals surface area contributed by atoms with Crippen LogP contribution in [0.3, 0.4) is 0 Å². The molecule has 0 spiro atoms. The molecule has 2 fully saturated rings. The molecule has 4 atom stereocenters. The van der Waals surface area contributed by atoms with E-state index < -0.39 is 19.9 Å². The number of anilines is 2. The van der Waals surface area contributed by atoms with E-state index in [-0.39, 0.29) is 27.5 Å². The Morgan fingerprint density at radius 3 is 2.32 bits per heavy atom. The van der Waals surface area contributed by atoms with Crippen LogP contribution < -0.4 is 15.8 Å². The zero-order chi connectivity index (χ0) is 32.5. The molecule has 1 saturated carbocycles. The lowest BCUT2D eigenvalue weighted by Crippen LogP contribution is -2.43. The summed E-state index contributed by atoms with van der Waals surface area (Å²) < 4.78 is 14.0. The van der Waals surface area contributed by atoms with Crippen molar-refractivity contribution in [3.8, 4) is 0 Å². The van der Waals surface area contributed by atoms with Gasteiger partial charge in [0.05, 0.1) is 28.7 Å². The highest BCUT2D eigenvalue weighted by atomic mass is 35.5. The molecule has 5 rings (SSSR count). The van der Waals surface area contributed by atoms with Crippen LogP contribution in [0.5, 0.6) is 0 Å². The number of hydrogen-bond donors (Lipinski definition) is 1. The average molecular weight is 640 g/mol. The first-order chi connectivity index (χ1) is 20.3. The Balaban J connectivity index is 1.44. The number of benzene rings is 1. The summed E-state index contributed by atoms with van der Waals surface area (Å²) in [7, 11) is -0.0507. The SMILES string of the molecule is Cc1cc(C(C)Nc2ccc(Cl)nc2C(=O)OC(C)(C)C)c2nc(N3C[C@@H]4C(O[Si](C)(C)C(C)(C)C)[C@@H]4C3)n(C)c(=O)c2c1. The molecule has 11 heteroatoms. The van der Waals surface area contributed by atoms with E-state index in [2.05, 4.69) is 49.1 Å². The van der Waals surface area contributed by atoms with Crippen LogP contribution in [0, 0.1) is 18.8 Å². The number of carbonyl (C=O) groups is 1. The number of carbonyl (C=O) groups excluding carboxylic acids is 1. The molecule has 2 aliphatic rings. The Hall–Kier alpha value is -2.95. The van der Waals surface area contributed by atoms with Gasteiger partial charge < -0.3 is 19.4 Å². The van der Waals surface area contributed by atoms with E-state index in [1.165, 1.54) is 0 Å². The number of piperidine rings is 1. The number of nitrogens with one attached hydrogen (secondary N) is 1. The smallest absolute Gasteiger partial charge is 0.359 e. The van der Waals surface area contributed by atoms with Crippen LogP contribution in [0.1, 0.15) is 76.1 Å². The van der Waals surface area contributed by atoms with E-state index in [9.17, 15) is 9.59 Å². The summed E-state index contributed by atoms with van der Waals surface area (Å²) in [5, 5.41) is 4.34. The summed E-state index contributed by atoms with van der Waals surface area (Å²) >= 11 is 6.17. The molecule has 1 aliphatic heterocycles. The minimum Gasteiger partial charge on any atom is -0.455 e. The predicted octanol–water partition coefficient (Wildman–Crippen LogP) is 6.88. The predicted molar refractivity (Wildman–Crippen MR) is 179 cm³/mol. The first-order valence-corrected chi connectivity index (χ1v) is 18.7. The van der Waals surface area contributed by atoms with Gasteiger partial charge in [-0.15, -0.1) is 0 Å². The summed E-state index contributed by atoms with van der Waals surface area (Å²) in [5.41, 5.74) is 2.26. The quantitative estimate of drug-likeness (QED) is 0.170. The maximum absolute atomic E-state index is 13.7. The van der Waals surface area contributed by atoms with Gasteiger partial charge in [0, 0.05) is 37.5 Å². The van der Waals surface area contributed by atoms with Gasteiger partial charge in [-0.2, -0.15) is 0 Å². The lowest BCUT2D eigenvalue weighted by Gasteiger charge is -2.37. The average Bonchev–Trinajstić information content (AvgIpc) is 3.31. The molecule has 1 aromatic carbocycles. The van der Waals surface area contributed by atoms with Gasteiger partial charge in [0.1, 0.15) is 10.8 Å². The van der Waals surface area contributed by atoms with Gasteiger partial charge >= 0.3 is 5.97 Å². The van der Waals surface area contributed by atoms with Crippen LogP contribution in [0.2, 0.25) is 23.3 Å². The Morgan fingerprint density at radius 1 is 1.09 bits per heavy atom. The first kappa shape index (κ1) is 32.4. The van der Waals surface area contributed by atoms with E-state index in [1.807, 2.05) is 26.0 Å². The van der Waals surface area contributed by atoms with Gasteiger partial charge in [0.2, 0.25) is 5.95 Å². The number of aryl methyl sites for hydroxylation is 1. The molecule has 3 aromatic rings. The van der Waals surface area contributed by atoms with Crippen molar-refractivity contribution < 1.29 is 14.0 Å². The third-order valence-corrected chi connectivity index (χ3v) is 13.9. The van der Waals surface area contributed by atoms with Crippen LogP contribution in [0.4, 0.5) is 11.6 Å². The summed E-state index contributed by atoms with van der Waals surface area (Å²) in [5.74, 6) is 1.01. The van der Waals surface area contributed by atoms with E-state index in [1.54, 1.807) is 44.5 Å². The Bertz CT molecular complexity index is 1660. The van der Waals surface area contributed by atoms with E-state index >= 15 is 0 Å². The number of rotatable bonds is 7. The number of nitrogens with zero attached hydrogens (tertiary/aromatic N) is 4. The number of hydrogen-bond acceptors (Lipinski definition) is 8. The zero-order valence-electron chi connectivity index (χ0n) is 27.8. The second kappa shape index (κ2) is 11.1. The largest absolute Gasteiger partial charge is 0.455 e. The van der Waals surface area contributed by atoms with Crippen LogP contribution in [-0.4, -0.2) is 53.6 Å². The van der Waals surface area contributed by atoms with Gasteiger partial charge in [-0.05, 0) is 76.5 Å². The van der Waals surface area contributed by atoms with Crippen molar-refractivity contribution in [2.45, 2.75) is 91.3 Å². The van der Waals surface area contributed by atoms with Crippen molar-refractivity contribution in [2.24, 2.45) is 18.9 Å². The fourth-order valence-corrected chi connectivity index (χ4v) is 7.36. The fraction of sp³-hybridized carbons (Fsp3) is 0.576. The van der Waals surface area contributed by atoms with Gasteiger partial charge in [-0.25, -0.2) is 14.8 Å². The number of aromatic nitrogens is 3. The molecule has 0 amide bonds. The third kappa shape index (κ3) is 6.26. The molecule has 2 unspecified atom stereocenters. The van der Waals surface area contributed by atoms with E-state index in [4.69, 9.17) is 25.7 Å². The summed E-state index contributed by atoms with van der Waals surface area (Å²) in [4.78, 5) is 38.4. The van der Waals surface area contributed by atoms with Crippen LogP contribution in [0.15, 0.2) is 29.1 Å². The number of halogens is 1.